The van der Waals surface area contributed by atoms with Crippen molar-refractivity contribution in [3.05, 3.63) is 60.7 Å². The molecule has 0 aromatic carbocycles. The Bertz CT molecular complexity index is 1640. The molecule has 0 aliphatic carbocycles. The lowest BCUT2D eigenvalue weighted by Gasteiger charge is -2.47. The lowest BCUT2D eigenvalue weighted by Crippen LogP contribution is -2.65. The van der Waals surface area contributed by atoms with Crippen molar-refractivity contribution in [2.24, 2.45) is 0 Å². The number of carbonyl (C=O) groups excluding carboxylic acids is 2. The number of aromatic nitrogens is 5. The molecule has 0 unspecified atom stereocenters. The van der Waals surface area contributed by atoms with Crippen LogP contribution >= 0.6 is 0 Å². The summed E-state index contributed by atoms with van der Waals surface area (Å²) in [5.74, 6) is 1.39. The van der Waals surface area contributed by atoms with E-state index in [1.807, 2.05) is 61.9 Å². The monoisotopic (exact) mass is 583 g/mol. The zero-order chi connectivity index (χ0) is 30.3. The second-order valence-electron chi connectivity index (χ2n) is 12.3. The van der Waals surface area contributed by atoms with Crippen molar-refractivity contribution in [3.8, 4) is 11.3 Å². The molecule has 43 heavy (non-hydrogen) atoms. The Hall–Kier alpha value is -4.58. The van der Waals surface area contributed by atoms with Crippen molar-refractivity contribution in [1.29, 1.82) is 0 Å². The van der Waals surface area contributed by atoms with Gasteiger partial charge in [0.25, 0.3) is 0 Å². The maximum absolute atomic E-state index is 13.0. The summed E-state index contributed by atoms with van der Waals surface area (Å²) < 4.78 is 7.32. The number of nitrogens with one attached hydrogen (secondary N) is 1. The van der Waals surface area contributed by atoms with Crippen LogP contribution in [-0.2, 0) is 9.53 Å². The number of pyridine rings is 2. The smallest absolute Gasteiger partial charge is 0.410 e. The highest BCUT2D eigenvalue weighted by molar-refractivity contribution is 5.95. The Morgan fingerprint density at radius 2 is 1.88 bits per heavy atom. The van der Waals surface area contributed by atoms with E-state index < -0.39 is 5.60 Å². The molecular weight excluding hydrogens is 546 g/mol. The van der Waals surface area contributed by atoms with Crippen LogP contribution in [0.25, 0.3) is 16.8 Å². The second-order valence-corrected chi connectivity index (χ2v) is 12.3. The van der Waals surface area contributed by atoms with Gasteiger partial charge in [0.15, 0.2) is 0 Å². The van der Waals surface area contributed by atoms with Crippen molar-refractivity contribution >= 4 is 35.0 Å². The van der Waals surface area contributed by atoms with Gasteiger partial charge in [-0.1, -0.05) is 13.8 Å². The number of anilines is 3. The Morgan fingerprint density at radius 3 is 2.58 bits per heavy atom. The molecule has 2 aliphatic rings. The first-order chi connectivity index (χ1) is 20.5. The maximum Gasteiger partial charge on any atom is 0.410 e. The van der Waals surface area contributed by atoms with Gasteiger partial charge < -0.3 is 19.9 Å². The van der Waals surface area contributed by atoms with Gasteiger partial charge in [-0.25, -0.2) is 24.3 Å². The van der Waals surface area contributed by atoms with Gasteiger partial charge in [0.2, 0.25) is 11.9 Å². The summed E-state index contributed by atoms with van der Waals surface area (Å²) in [6, 6.07) is 9.83. The minimum Gasteiger partial charge on any atom is -0.444 e. The third kappa shape index (κ3) is 6.14. The maximum atomic E-state index is 13.0. The number of hydrogen-bond acceptors (Lipinski definition) is 9. The molecule has 2 amide bonds. The van der Waals surface area contributed by atoms with Crippen molar-refractivity contribution < 1.29 is 14.3 Å². The van der Waals surface area contributed by atoms with E-state index in [0.29, 0.717) is 43.9 Å². The average molecular weight is 584 g/mol. The highest BCUT2D eigenvalue weighted by atomic mass is 16.6. The van der Waals surface area contributed by atoms with Gasteiger partial charge in [-0.3, -0.25) is 9.69 Å². The number of carbonyl (C=O) groups is 2. The number of nitrogens with zero attached hydrogens (tertiary/aromatic N) is 8. The first kappa shape index (κ1) is 28.5. The Kier molecular flexibility index (Phi) is 7.47. The number of hydrogen-bond donors (Lipinski definition) is 1. The van der Waals surface area contributed by atoms with Crippen LogP contribution in [0.3, 0.4) is 0 Å². The van der Waals surface area contributed by atoms with E-state index in [2.05, 4.69) is 45.2 Å². The van der Waals surface area contributed by atoms with E-state index >= 15 is 0 Å². The van der Waals surface area contributed by atoms with Crippen LogP contribution in [0, 0.1) is 0 Å². The van der Waals surface area contributed by atoms with Gasteiger partial charge in [0, 0.05) is 55.7 Å². The molecule has 12 heteroatoms. The van der Waals surface area contributed by atoms with Crippen LogP contribution in [0.2, 0.25) is 0 Å². The fraction of sp³-hybridized carbons (Fsp3) is 0.419. The van der Waals surface area contributed by atoms with Crippen LogP contribution in [0.15, 0.2) is 55.1 Å². The molecule has 6 rings (SSSR count). The molecule has 0 saturated carbocycles. The summed E-state index contributed by atoms with van der Waals surface area (Å²) >= 11 is 0. The molecule has 4 aromatic heterocycles. The molecule has 0 bridgehead atoms. The largest absolute Gasteiger partial charge is 0.444 e. The van der Waals surface area contributed by atoms with E-state index in [1.165, 1.54) is 5.56 Å². The molecular formula is C31H37N9O3. The van der Waals surface area contributed by atoms with E-state index in [4.69, 9.17) is 9.72 Å². The van der Waals surface area contributed by atoms with Crippen molar-refractivity contribution in [2.75, 3.05) is 42.9 Å². The first-order valence-electron chi connectivity index (χ1n) is 14.6. The number of fused-ring (bicyclic) bond motifs is 1. The molecule has 0 radical (unpaired) electrons. The summed E-state index contributed by atoms with van der Waals surface area (Å²) in [6.45, 7) is 12.6. The molecule has 1 N–H and O–H groups in total. The predicted molar refractivity (Wildman–Crippen MR) is 163 cm³/mol. The zero-order valence-corrected chi connectivity index (χ0v) is 25.2. The highest BCUT2D eigenvalue weighted by Crippen LogP contribution is 2.27. The fourth-order valence-corrected chi connectivity index (χ4v) is 5.36. The number of amides is 2. The molecule has 6 heterocycles. The molecule has 224 valence electrons. The molecule has 0 spiro atoms. The Labute approximate surface area is 250 Å². The molecule has 4 aromatic rings. The summed E-state index contributed by atoms with van der Waals surface area (Å²) in [6.07, 6.45) is 6.96. The Morgan fingerprint density at radius 1 is 1.07 bits per heavy atom. The van der Waals surface area contributed by atoms with Crippen LogP contribution in [0.5, 0.6) is 0 Å². The van der Waals surface area contributed by atoms with Crippen LogP contribution in [-0.4, -0.2) is 90.7 Å². The van der Waals surface area contributed by atoms with E-state index in [0.717, 1.165) is 29.0 Å². The number of piperazine rings is 1. The van der Waals surface area contributed by atoms with Gasteiger partial charge in [-0.15, -0.1) is 0 Å². The molecule has 12 nitrogen and oxygen atoms in total. The second kappa shape index (κ2) is 11.3. The first-order valence-corrected chi connectivity index (χ1v) is 14.6. The van der Waals surface area contributed by atoms with Gasteiger partial charge in [0.05, 0.1) is 35.8 Å². The lowest BCUT2D eigenvalue weighted by molar-refractivity contribution is -0.123. The zero-order valence-electron chi connectivity index (χ0n) is 25.2. The summed E-state index contributed by atoms with van der Waals surface area (Å²) in [4.78, 5) is 44.5. The standard InChI is InChI=1S/C31H37N9O3/c1-20(2)24-16-34-40-11-9-21(14-26(24)40)25-8-10-32-29(35-25)36-27-7-6-22(15-33-27)39-13-12-37(19-28(39)41)23-17-38(18-23)30(42)43-31(3,4)5/h6-11,14-16,20,23H,12-13,17-19H2,1-5H3,(H,32,33,35,36). The quantitative estimate of drug-likeness (QED) is 0.354. The van der Waals surface area contributed by atoms with Crippen molar-refractivity contribution in [1.82, 2.24) is 34.4 Å². The number of ether oxygens (including phenoxy) is 1. The summed E-state index contributed by atoms with van der Waals surface area (Å²) in [5.41, 5.74) is 4.23. The van der Waals surface area contributed by atoms with E-state index in [1.54, 1.807) is 22.2 Å². The third-order valence-electron chi connectivity index (χ3n) is 7.70. The Balaban J connectivity index is 1.06. The normalized spacial score (nSPS) is 16.6. The van der Waals surface area contributed by atoms with E-state index in [-0.39, 0.29) is 18.0 Å². The number of likely N-dealkylation sites (tertiary alicyclic amines) is 1. The van der Waals surface area contributed by atoms with Crippen molar-refractivity contribution in [3.63, 3.8) is 0 Å². The molecule has 0 atom stereocenters. The highest BCUT2D eigenvalue weighted by Gasteiger charge is 2.39. The average Bonchev–Trinajstić information content (AvgIpc) is 3.36. The predicted octanol–water partition coefficient (Wildman–Crippen LogP) is 4.32. The van der Waals surface area contributed by atoms with E-state index in [9.17, 15) is 9.59 Å². The SMILES string of the molecule is CC(C)c1cnn2ccc(-c3ccnc(Nc4ccc(N5CCN(C6CN(C(=O)OC(C)(C)C)C6)CC5=O)cn4)n3)cc12. The summed E-state index contributed by atoms with van der Waals surface area (Å²) in [7, 11) is 0. The van der Waals surface area contributed by atoms with Crippen molar-refractivity contribution in [2.45, 2.75) is 52.2 Å². The van der Waals surface area contributed by atoms with Gasteiger partial charge in [0.1, 0.15) is 11.4 Å². The fourth-order valence-electron chi connectivity index (χ4n) is 5.36. The third-order valence-corrected chi connectivity index (χ3v) is 7.70. The summed E-state index contributed by atoms with van der Waals surface area (Å²) in [5, 5.41) is 7.63. The van der Waals surface area contributed by atoms with Gasteiger partial charge >= 0.3 is 6.09 Å². The molecule has 2 aliphatic heterocycles. The molecule has 2 saturated heterocycles. The lowest BCUT2D eigenvalue weighted by atomic mass is 10.0. The topological polar surface area (TPSA) is 121 Å². The van der Waals surface area contributed by atoms with Gasteiger partial charge in [-0.05, 0) is 57.0 Å². The molecule has 2 fully saturated rings. The minimum atomic E-state index is -0.519. The van der Waals surface area contributed by atoms with Gasteiger partial charge in [-0.2, -0.15) is 5.10 Å². The van der Waals surface area contributed by atoms with Crippen LogP contribution in [0.1, 0.15) is 46.1 Å². The number of rotatable bonds is 6. The van der Waals surface area contributed by atoms with Crippen LogP contribution in [0.4, 0.5) is 22.2 Å². The minimum absolute atomic E-state index is 0.0105. The van der Waals surface area contributed by atoms with Crippen LogP contribution < -0.4 is 10.2 Å².